The molecule has 0 spiro atoms. The van der Waals surface area contributed by atoms with E-state index < -0.39 is 0 Å². The summed E-state index contributed by atoms with van der Waals surface area (Å²) in [7, 11) is 0. The number of aryl methyl sites for hydroxylation is 2. The first-order chi connectivity index (χ1) is 9.15. The molecular formula is C15H17N3O. The Kier molecular flexibility index (Phi) is 4.13. The van der Waals surface area contributed by atoms with Crippen molar-refractivity contribution in [2.45, 2.75) is 19.8 Å². The molecule has 2 aromatic rings. The van der Waals surface area contributed by atoms with Gasteiger partial charge in [0, 0.05) is 29.7 Å². The number of nitrogen functional groups attached to an aromatic ring is 1. The van der Waals surface area contributed by atoms with Crippen LogP contribution in [0.4, 0.5) is 11.4 Å². The number of benzene rings is 1. The van der Waals surface area contributed by atoms with E-state index in [9.17, 15) is 4.79 Å². The number of hydrogen-bond acceptors (Lipinski definition) is 3. The minimum Gasteiger partial charge on any atom is -0.399 e. The van der Waals surface area contributed by atoms with Gasteiger partial charge in [0.15, 0.2) is 0 Å². The standard InChI is InChI=1S/C15H17N3O/c1-11-10-13(8-9-17-11)18-15(19)7-6-12-4-2-3-5-14(12)16/h2-5,8-10H,6-7,16H2,1H3,(H,17,18,19). The van der Waals surface area contributed by atoms with Gasteiger partial charge in [-0.25, -0.2) is 0 Å². The van der Waals surface area contributed by atoms with E-state index in [-0.39, 0.29) is 5.91 Å². The summed E-state index contributed by atoms with van der Waals surface area (Å²) in [6.07, 6.45) is 2.73. The number of hydrogen-bond donors (Lipinski definition) is 2. The third kappa shape index (κ3) is 3.81. The van der Waals surface area contributed by atoms with Crippen molar-refractivity contribution in [2.75, 3.05) is 11.1 Å². The molecule has 1 heterocycles. The van der Waals surface area contributed by atoms with E-state index >= 15 is 0 Å². The lowest BCUT2D eigenvalue weighted by Crippen LogP contribution is -2.12. The van der Waals surface area contributed by atoms with Gasteiger partial charge in [-0.2, -0.15) is 0 Å². The molecule has 0 saturated carbocycles. The molecule has 3 N–H and O–H groups in total. The first kappa shape index (κ1) is 13.1. The van der Waals surface area contributed by atoms with Gasteiger partial charge < -0.3 is 11.1 Å². The third-order valence-electron chi connectivity index (χ3n) is 2.86. The predicted molar refractivity (Wildman–Crippen MR) is 76.8 cm³/mol. The summed E-state index contributed by atoms with van der Waals surface area (Å²) in [5.41, 5.74) is 9.23. The van der Waals surface area contributed by atoms with Crippen molar-refractivity contribution in [3.05, 3.63) is 53.9 Å². The number of rotatable bonds is 4. The maximum Gasteiger partial charge on any atom is 0.224 e. The van der Waals surface area contributed by atoms with Crippen LogP contribution in [0.15, 0.2) is 42.6 Å². The minimum atomic E-state index is -0.0196. The lowest BCUT2D eigenvalue weighted by atomic mass is 10.1. The molecule has 1 aromatic carbocycles. The van der Waals surface area contributed by atoms with E-state index in [1.165, 1.54) is 0 Å². The van der Waals surface area contributed by atoms with Crippen molar-refractivity contribution in [3.8, 4) is 0 Å². The van der Waals surface area contributed by atoms with E-state index in [0.717, 1.165) is 22.6 Å². The quantitative estimate of drug-likeness (QED) is 0.825. The molecular weight excluding hydrogens is 238 g/mol. The number of carbonyl (C=O) groups is 1. The average Bonchev–Trinajstić information content (AvgIpc) is 2.38. The van der Waals surface area contributed by atoms with Crippen LogP contribution < -0.4 is 11.1 Å². The van der Waals surface area contributed by atoms with Crippen LogP contribution in [0.5, 0.6) is 0 Å². The Bertz CT molecular complexity index is 581. The fraction of sp³-hybridized carbons (Fsp3) is 0.200. The Morgan fingerprint density at radius 1 is 1.32 bits per heavy atom. The molecule has 0 aliphatic heterocycles. The molecule has 2 rings (SSSR count). The number of amides is 1. The molecule has 19 heavy (non-hydrogen) atoms. The second kappa shape index (κ2) is 6.00. The summed E-state index contributed by atoms with van der Waals surface area (Å²) >= 11 is 0. The first-order valence-electron chi connectivity index (χ1n) is 6.21. The Hall–Kier alpha value is -2.36. The van der Waals surface area contributed by atoms with Crippen LogP contribution in [0, 0.1) is 6.92 Å². The SMILES string of the molecule is Cc1cc(NC(=O)CCc2ccccc2N)ccn1. The number of nitrogens with two attached hydrogens (primary N) is 1. The largest absolute Gasteiger partial charge is 0.399 e. The summed E-state index contributed by atoms with van der Waals surface area (Å²) in [6, 6.07) is 11.2. The van der Waals surface area contributed by atoms with E-state index in [1.54, 1.807) is 12.3 Å². The van der Waals surface area contributed by atoms with Crippen LogP contribution in [0.25, 0.3) is 0 Å². The molecule has 0 aliphatic carbocycles. The molecule has 0 aliphatic rings. The topological polar surface area (TPSA) is 68.0 Å². The molecule has 1 aromatic heterocycles. The fourth-order valence-electron chi connectivity index (χ4n) is 1.86. The Labute approximate surface area is 112 Å². The van der Waals surface area contributed by atoms with Crippen molar-refractivity contribution in [2.24, 2.45) is 0 Å². The number of carbonyl (C=O) groups excluding carboxylic acids is 1. The summed E-state index contributed by atoms with van der Waals surface area (Å²) < 4.78 is 0. The van der Waals surface area contributed by atoms with Crippen LogP contribution in [-0.2, 0) is 11.2 Å². The molecule has 0 fully saturated rings. The zero-order chi connectivity index (χ0) is 13.7. The molecule has 4 heteroatoms. The maximum atomic E-state index is 11.8. The molecule has 4 nitrogen and oxygen atoms in total. The van der Waals surface area contributed by atoms with E-state index in [0.29, 0.717) is 12.8 Å². The molecule has 98 valence electrons. The minimum absolute atomic E-state index is 0.0196. The Morgan fingerprint density at radius 2 is 2.11 bits per heavy atom. The lowest BCUT2D eigenvalue weighted by Gasteiger charge is -2.07. The maximum absolute atomic E-state index is 11.8. The molecule has 0 radical (unpaired) electrons. The summed E-state index contributed by atoms with van der Waals surface area (Å²) in [5, 5.41) is 2.85. The van der Waals surface area contributed by atoms with Crippen molar-refractivity contribution in [1.29, 1.82) is 0 Å². The monoisotopic (exact) mass is 255 g/mol. The molecule has 0 atom stereocenters. The van der Waals surface area contributed by atoms with Crippen molar-refractivity contribution >= 4 is 17.3 Å². The van der Waals surface area contributed by atoms with Crippen molar-refractivity contribution in [3.63, 3.8) is 0 Å². The highest BCUT2D eigenvalue weighted by molar-refractivity contribution is 5.90. The van der Waals surface area contributed by atoms with E-state index in [2.05, 4.69) is 10.3 Å². The van der Waals surface area contributed by atoms with E-state index in [1.807, 2.05) is 37.3 Å². The zero-order valence-corrected chi connectivity index (χ0v) is 10.9. The van der Waals surface area contributed by atoms with Gasteiger partial charge in [0.1, 0.15) is 0 Å². The second-order valence-corrected chi connectivity index (χ2v) is 4.43. The van der Waals surface area contributed by atoms with Crippen LogP contribution in [0.1, 0.15) is 17.7 Å². The van der Waals surface area contributed by atoms with Crippen molar-refractivity contribution < 1.29 is 4.79 Å². The molecule has 0 bridgehead atoms. The second-order valence-electron chi connectivity index (χ2n) is 4.43. The average molecular weight is 255 g/mol. The summed E-state index contributed by atoms with van der Waals surface area (Å²) in [4.78, 5) is 15.9. The lowest BCUT2D eigenvalue weighted by molar-refractivity contribution is -0.116. The predicted octanol–water partition coefficient (Wildman–Crippen LogP) is 2.54. The Balaban J connectivity index is 1.90. The third-order valence-corrected chi connectivity index (χ3v) is 2.86. The summed E-state index contributed by atoms with van der Waals surface area (Å²) in [6.45, 7) is 1.89. The van der Waals surface area contributed by atoms with Gasteiger partial charge in [0.05, 0.1) is 0 Å². The number of pyridine rings is 1. The highest BCUT2D eigenvalue weighted by Gasteiger charge is 2.05. The molecule has 0 saturated heterocycles. The first-order valence-corrected chi connectivity index (χ1v) is 6.21. The van der Waals surface area contributed by atoms with E-state index in [4.69, 9.17) is 5.73 Å². The van der Waals surface area contributed by atoms with Crippen LogP contribution in [0.2, 0.25) is 0 Å². The number of anilines is 2. The van der Waals surface area contributed by atoms with Gasteiger partial charge in [0.25, 0.3) is 0 Å². The van der Waals surface area contributed by atoms with Gasteiger partial charge in [-0.3, -0.25) is 9.78 Å². The smallest absolute Gasteiger partial charge is 0.224 e. The highest BCUT2D eigenvalue weighted by atomic mass is 16.1. The van der Waals surface area contributed by atoms with Gasteiger partial charge in [-0.05, 0) is 37.1 Å². The zero-order valence-electron chi connectivity index (χ0n) is 10.9. The number of aromatic nitrogens is 1. The number of para-hydroxylation sites is 1. The highest BCUT2D eigenvalue weighted by Crippen LogP contribution is 2.13. The van der Waals surface area contributed by atoms with Crippen molar-refractivity contribution in [1.82, 2.24) is 4.98 Å². The fourth-order valence-corrected chi connectivity index (χ4v) is 1.86. The Morgan fingerprint density at radius 3 is 2.84 bits per heavy atom. The normalized spacial score (nSPS) is 10.2. The molecule has 0 unspecified atom stereocenters. The van der Waals surface area contributed by atoms with Gasteiger partial charge in [-0.15, -0.1) is 0 Å². The van der Waals surface area contributed by atoms with Gasteiger partial charge in [-0.1, -0.05) is 18.2 Å². The van der Waals surface area contributed by atoms with Crippen LogP contribution >= 0.6 is 0 Å². The van der Waals surface area contributed by atoms with Gasteiger partial charge >= 0.3 is 0 Å². The number of nitrogens with zero attached hydrogens (tertiary/aromatic N) is 1. The number of nitrogens with one attached hydrogen (secondary N) is 1. The van der Waals surface area contributed by atoms with Gasteiger partial charge in [0.2, 0.25) is 5.91 Å². The summed E-state index contributed by atoms with van der Waals surface area (Å²) in [5.74, 6) is -0.0196. The van der Waals surface area contributed by atoms with Crippen LogP contribution in [-0.4, -0.2) is 10.9 Å². The van der Waals surface area contributed by atoms with Crippen LogP contribution in [0.3, 0.4) is 0 Å². The molecule has 1 amide bonds.